The van der Waals surface area contributed by atoms with E-state index in [0.29, 0.717) is 58.5 Å². The van der Waals surface area contributed by atoms with Gasteiger partial charge in [0.2, 0.25) is 5.91 Å². The molecule has 15 heteroatoms. The number of fused-ring (bicyclic) bond motifs is 6. The summed E-state index contributed by atoms with van der Waals surface area (Å²) in [6, 6.07) is 11.7. The van der Waals surface area contributed by atoms with E-state index in [9.17, 15) is 14.4 Å². The lowest BCUT2D eigenvalue weighted by atomic mass is 9.87. The number of H-pyrrole nitrogens is 1. The highest BCUT2D eigenvalue weighted by atomic mass is 16.5. The van der Waals surface area contributed by atoms with Gasteiger partial charge in [0.25, 0.3) is 5.56 Å². The molecule has 4 aliphatic rings. The van der Waals surface area contributed by atoms with Gasteiger partial charge in [0.1, 0.15) is 30.3 Å². The Balaban J connectivity index is 1.09. The highest BCUT2D eigenvalue weighted by Crippen LogP contribution is 2.53. The number of methoxy groups -OCH3 is 1. The van der Waals surface area contributed by atoms with Gasteiger partial charge in [-0.25, -0.2) is 0 Å². The number of nitrogens with one attached hydrogen (secondary N) is 3. The average Bonchev–Trinajstić information content (AvgIpc) is 3.59. The first-order valence-corrected chi connectivity index (χ1v) is 21.3. The molecule has 3 aliphatic heterocycles. The monoisotopic (exact) mass is 822 g/mol. The number of likely N-dealkylation sites (tertiary alicyclic amines) is 1. The molecule has 6 heterocycles. The molecule has 2 bridgehead atoms. The minimum Gasteiger partial charge on any atom is -0.486 e. The van der Waals surface area contributed by atoms with Crippen LogP contribution in [0.15, 0.2) is 47.4 Å². The second-order valence-electron chi connectivity index (χ2n) is 17.5. The van der Waals surface area contributed by atoms with E-state index in [-0.39, 0.29) is 41.4 Å². The van der Waals surface area contributed by atoms with Crippen LogP contribution < -0.4 is 31.0 Å². The summed E-state index contributed by atoms with van der Waals surface area (Å²) in [5.74, 6) is 1.36. The number of aromatic nitrogens is 5. The molecule has 4 fully saturated rings. The molecule has 10 rings (SSSR count). The molecular weight excluding hydrogens is 773 g/mol. The van der Waals surface area contributed by atoms with Crippen LogP contribution in [0.4, 0.5) is 11.5 Å². The quantitative estimate of drug-likeness (QED) is 0.0664. The lowest BCUT2D eigenvalue weighted by Crippen LogP contribution is -2.44. The van der Waals surface area contributed by atoms with Crippen LogP contribution in [0.25, 0.3) is 43.8 Å². The van der Waals surface area contributed by atoms with Crippen molar-refractivity contribution in [3.63, 3.8) is 0 Å². The molecule has 3 aromatic heterocycles. The van der Waals surface area contributed by atoms with Crippen molar-refractivity contribution in [1.82, 2.24) is 34.9 Å². The zero-order valence-electron chi connectivity index (χ0n) is 34.8. The van der Waals surface area contributed by atoms with Gasteiger partial charge in [-0.05, 0) is 91.3 Å². The fourth-order valence-electron chi connectivity index (χ4n) is 10.0. The van der Waals surface area contributed by atoms with Crippen molar-refractivity contribution in [2.75, 3.05) is 37.4 Å². The molecule has 4 unspecified atom stereocenters. The Morgan fingerprint density at radius 1 is 1.07 bits per heavy atom. The third-order valence-electron chi connectivity index (χ3n) is 13.2. The maximum atomic E-state index is 13.9. The Kier molecular flexibility index (Phi) is 9.53. The number of aryl methyl sites for hydroxylation is 1. The normalized spacial score (nSPS) is 20.4. The Labute approximate surface area is 352 Å². The summed E-state index contributed by atoms with van der Waals surface area (Å²) < 4.78 is 14.4. The molecule has 1 amide bonds. The first kappa shape index (κ1) is 38.8. The molecule has 3 aromatic carbocycles. The van der Waals surface area contributed by atoms with Crippen molar-refractivity contribution >= 4 is 62.6 Å². The van der Waals surface area contributed by atoms with Gasteiger partial charge in [-0.3, -0.25) is 14.3 Å². The number of carbonyl (C=O) groups is 2. The molecule has 5 N–H and O–H groups in total. The third-order valence-corrected chi connectivity index (χ3v) is 13.2. The maximum Gasteiger partial charge on any atom is 0.318 e. The van der Waals surface area contributed by atoms with E-state index in [2.05, 4.69) is 26.4 Å². The molecule has 4 atom stereocenters. The number of hydrogen-bond donors (Lipinski definition) is 4. The zero-order chi connectivity index (χ0) is 42.3. The van der Waals surface area contributed by atoms with Gasteiger partial charge in [0, 0.05) is 82.6 Å². The molecule has 3 saturated heterocycles. The number of carbonyl (C=O) groups excluding carboxylic acids is 2. The fourth-order valence-corrected chi connectivity index (χ4v) is 10.0. The van der Waals surface area contributed by atoms with Crippen molar-refractivity contribution in [3.05, 3.63) is 75.2 Å². The van der Waals surface area contributed by atoms with E-state index in [1.807, 2.05) is 51.1 Å². The molecular formula is C46H50N10O5. The van der Waals surface area contributed by atoms with Crippen LogP contribution in [0.3, 0.4) is 0 Å². The van der Waals surface area contributed by atoms with Crippen molar-refractivity contribution < 1.29 is 19.1 Å². The molecule has 61 heavy (non-hydrogen) atoms. The van der Waals surface area contributed by atoms with E-state index < -0.39 is 12.1 Å². The van der Waals surface area contributed by atoms with E-state index in [4.69, 9.17) is 30.6 Å². The topological polar surface area (TPSA) is 197 Å². The minimum atomic E-state index is -0.678. The van der Waals surface area contributed by atoms with E-state index >= 15 is 0 Å². The number of rotatable bonds is 12. The van der Waals surface area contributed by atoms with Crippen LogP contribution >= 0.6 is 0 Å². The van der Waals surface area contributed by atoms with Crippen molar-refractivity contribution in [2.45, 2.75) is 89.6 Å². The average molecular weight is 823 g/mol. The van der Waals surface area contributed by atoms with Gasteiger partial charge in [-0.1, -0.05) is 32.0 Å². The number of hydrogen-bond acceptors (Lipinski definition) is 12. The number of aromatic amines is 1. The van der Waals surface area contributed by atoms with Gasteiger partial charge in [0.05, 0.1) is 13.2 Å². The van der Waals surface area contributed by atoms with Crippen molar-refractivity contribution in [2.24, 2.45) is 5.92 Å². The summed E-state index contributed by atoms with van der Waals surface area (Å²) in [7, 11) is 1.58. The van der Waals surface area contributed by atoms with Gasteiger partial charge >= 0.3 is 6.01 Å². The number of piperazine rings is 1. The Morgan fingerprint density at radius 3 is 2.61 bits per heavy atom. The Bertz CT molecular complexity index is 2850. The van der Waals surface area contributed by atoms with Crippen LogP contribution in [-0.2, 0) is 16.2 Å². The van der Waals surface area contributed by atoms with Crippen LogP contribution in [0.2, 0.25) is 0 Å². The van der Waals surface area contributed by atoms with Crippen LogP contribution in [0.5, 0.6) is 11.8 Å². The number of nitrogens with two attached hydrogens (primary N) is 1. The van der Waals surface area contributed by atoms with E-state index in [1.165, 1.54) is 6.21 Å². The van der Waals surface area contributed by atoms with Crippen LogP contribution in [-0.4, -0.2) is 92.9 Å². The number of nitrogen functional groups attached to an aromatic ring is 1. The van der Waals surface area contributed by atoms with Crippen LogP contribution in [0.1, 0.15) is 80.2 Å². The highest BCUT2D eigenvalue weighted by molar-refractivity contribution is 6.06. The van der Waals surface area contributed by atoms with Crippen molar-refractivity contribution in [1.29, 1.82) is 5.41 Å². The molecule has 6 aromatic rings. The van der Waals surface area contributed by atoms with Gasteiger partial charge in [-0.15, -0.1) is 0 Å². The Hall–Kier alpha value is -6.35. The lowest BCUT2D eigenvalue weighted by Gasteiger charge is -2.30. The summed E-state index contributed by atoms with van der Waals surface area (Å²) in [5.41, 5.74) is 13.3. The SMILES string of the molecule is COc1nc(N2CC3CC2CN3)c2cc(C3CC3)c(-c3c(C)ccc(N)c3C=N)c(OCc3ccc4c(c3)[nH]c(=O)c3nn(C(C(=O)N5CCCC5C=O)C(C)C)cc34)c2n1. The smallest absolute Gasteiger partial charge is 0.318 e. The third kappa shape index (κ3) is 6.48. The molecule has 0 radical (unpaired) electrons. The second kappa shape index (κ2) is 15.0. The molecule has 1 aliphatic carbocycles. The van der Waals surface area contributed by atoms with Gasteiger partial charge < -0.3 is 45.5 Å². The fraction of sp³-hybridized carbons (Fsp3) is 0.413. The predicted molar refractivity (Wildman–Crippen MR) is 235 cm³/mol. The maximum absolute atomic E-state index is 13.9. The molecule has 0 spiro atoms. The largest absolute Gasteiger partial charge is 0.486 e. The lowest BCUT2D eigenvalue weighted by molar-refractivity contribution is -0.139. The van der Waals surface area contributed by atoms with Gasteiger partial charge in [-0.2, -0.15) is 15.1 Å². The van der Waals surface area contributed by atoms with Gasteiger partial charge in [0.15, 0.2) is 11.3 Å². The van der Waals surface area contributed by atoms with Crippen molar-refractivity contribution in [3.8, 4) is 22.9 Å². The number of benzene rings is 3. The molecule has 1 saturated carbocycles. The predicted octanol–water partition coefficient (Wildman–Crippen LogP) is 5.78. The first-order chi connectivity index (χ1) is 29.6. The highest BCUT2D eigenvalue weighted by Gasteiger charge is 2.41. The number of aldehydes is 1. The first-order valence-electron chi connectivity index (χ1n) is 21.3. The minimum absolute atomic E-state index is 0.129. The number of nitrogens with zero attached hydrogens (tertiary/aromatic N) is 6. The standard InChI is InChI=1S/C46H50N10O5/c1-23(2)41(45(59)54-13-5-6-28(54)21-57)56-20-34-30-11-8-25(14-36(30)50-44(58)40(34)53-56)22-61-42-38(37-24(3)7-12-35(48)33(37)17-47)31(26-9-10-26)16-32-39(42)51-46(60-4)52-43(32)55-19-27-15-29(55)18-49-27/h7-8,11-12,14,16-17,20-21,23,26-29,41,47,49H,5-6,9-10,13,15,18-19,22,48H2,1-4H3,(H,50,58). The molecule has 15 nitrogen and oxygen atoms in total. The number of ether oxygens (including phenoxy) is 2. The van der Waals surface area contributed by atoms with E-state index in [1.54, 1.807) is 22.9 Å². The molecule has 314 valence electrons. The summed E-state index contributed by atoms with van der Waals surface area (Å²) in [5, 5.41) is 19.1. The summed E-state index contributed by atoms with van der Waals surface area (Å²) in [4.78, 5) is 56.3. The zero-order valence-corrected chi connectivity index (χ0v) is 34.8. The summed E-state index contributed by atoms with van der Waals surface area (Å²) in [6.45, 7) is 8.28. The second-order valence-corrected chi connectivity index (χ2v) is 17.5. The van der Waals surface area contributed by atoms with E-state index in [0.717, 1.165) is 89.5 Å². The Morgan fingerprint density at radius 2 is 1.90 bits per heavy atom. The number of pyridine rings is 1. The number of anilines is 2. The summed E-state index contributed by atoms with van der Waals surface area (Å²) in [6.07, 6.45) is 8.45. The summed E-state index contributed by atoms with van der Waals surface area (Å²) >= 11 is 0. The number of amides is 1. The van der Waals surface area contributed by atoms with Crippen LogP contribution in [0, 0.1) is 18.3 Å².